The van der Waals surface area contributed by atoms with Crippen LogP contribution in [0.2, 0.25) is 0 Å². The molecule has 3 aromatic rings. The van der Waals surface area contributed by atoms with Gasteiger partial charge in [-0.25, -0.2) is 14.3 Å². The van der Waals surface area contributed by atoms with E-state index in [0.717, 1.165) is 37.4 Å². The molecule has 4 rings (SSSR count). The van der Waals surface area contributed by atoms with E-state index in [9.17, 15) is 4.79 Å². The molecule has 4 heterocycles. The van der Waals surface area contributed by atoms with Crippen LogP contribution in [0.5, 0.6) is 0 Å². The summed E-state index contributed by atoms with van der Waals surface area (Å²) in [5.41, 5.74) is 0.851. The summed E-state index contributed by atoms with van der Waals surface area (Å²) in [7, 11) is 0. The average Bonchev–Trinajstić information content (AvgIpc) is 3.19. The van der Waals surface area contributed by atoms with Crippen molar-refractivity contribution in [3.05, 3.63) is 59.0 Å². The number of anilines is 1. The first-order valence-electron chi connectivity index (χ1n) is 8.81. The number of piperidine rings is 1. The van der Waals surface area contributed by atoms with Gasteiger partial charge in [0.1, 0.15) is 5.82 Å². The van der Waals surface area contributed by atoms with Gasteiger partial charge in [-0.2, -0.15) is 5.10 Å². The molecular formula is C18H21N7O. The Hall–Kier alpha value is -3.03. The summed E-state index contributed by atoms with van der Waals surface area (Å²) in [5.74, 6) is 2.00. The van der Waals surface area contributed by atoms with Gasteiger partial charge in [0.25, 0.3) is 5.56 Å². The molecule has 0 aliphatic carbocycles. The minimum atomic E-state index is -0.0760. The third kappa shape index (κ3) is 3.49. The van der Waals surface area contributed by atoms with Crippen LogP contribution >= 0.6 is 0 Å². The fourth-order valence-corrected chi connectivity index (χ4v) is 3.29. The van der Waals surface area contributed by atoms with E-state index >= 15 is 0 Å². The molecule has 0 amide bonds. The summed E-state index contributed by atoms with van der Waals surface area (Å²) >= 11 is 0. The van der Waals surface area contributed by atoms with E-state index in [4.69, 9.17) is 0 Å². The molecule has 0 bridgehead atoms. The Morgan fingerprint density at radius 1 is 1.15 bits per heavy atom. The molecule has 1 saturated heterocycles. The molecule has 8 heteroatoms. The molecule has 134 valence electrons. The van der Waals surface area contributed by atoms with Crippen molar-refractivity contribution in [1.29, 1.82) is 0 Å². The summed E-state index contributed by atoms with van der Waals surface area (Å²) in [6.45, 7) is 4.40. The third-order valence-corrected chi connectivity index (χ3v) is 4.70. The van der Waals surface area contributed by atoms with Crippen LogP contribution in [-0.4, -0.2) is 42.6 Å². The number of hydrogen-bond acceptors (Lipinski definition) is 6. The summed E-state index contributed by atoms with van der Waals surface area (Å²) in [6, 6.07) is 5.09. The Balaban J connectivity index is 1.43. The van der Waals surface area contributed by atoms with Gasteiger partial charge in [-0.05, 0) is 37.8 Å². The Morgan fingerprint density at radius 3 is 2.73 bits per heavy atom. The number of aromatic nitrogens is 6. The fourth-order valence-electron chi connectivity index (χ4n) is 3.29. The van der Waals surface area contributed by atoms with Crippen molar-refractivity contribution in [2.75, 3.05) is 18.0 Å². The highest BCUT2D eigenvalue weighted by Gasteiger charge is 2.21. The van der Waals surface area contributed by atoms with Gasteiger partial charge in [-0.1, -0.05) is 0 Å². The van der Waals surface area contributed by atoms with Gasteiger partial charge in [0, 0.05) is 44.3 Å². The number of aryl methyl sites for hydroxylation is 1. The Bertz CT molecular complexity index is 927. The summed E-state index contributed by atoms with van der Waals surface area (Å²) in [6.07, 6.45) is 9.08. The predicted octanol–water partition coefficient (Wildman–Crippen LogP) is 1.44. The van der Waals surface area contributed by atoms with Gasteiger partial charge in [-0.3, -0.25) is 9.78 Å². The zero-order valence-electron chi connectivity index (χ0n) is 14.7. The lowest BCUT2D eigenvalue weighted by atomic mass is 9.97. The zero-order chi connectivity index (χ0) is 17.9. The molecule has 0 N–H and O–H groups in total. The first-order valence-corrected chi connectivity index (χ1v) is 8.81. The maximum Gasteiger partial charge on any atom is 0.266 e. The standard InChI is InChI=1S/C18H21N7O/c1-14-11-19-12-17(21-14)23-9-5-15(6-10-23)13-25-18(26)4-3-16(22-25)24-8-2-7-20-24/h2-4,7-8,11-12,15H,5-6,9-10,13H2,1H3. The topological polar surface area (TPSA) is 81.7 Å². The lowest BCUT2D eigenvalue weighted by Gasteiger charge is -2.32. The van der Waals surface area contributed by atoms with Crippen LogP contribution in [-0.2, 0) is 6.54 Å². The van der Waals surface area contributed by atoms with Crippen LogP contribution < -0.4 is 10.5 Å². The Morgan fingerprint density at radius 2 is 2.00 bits per heavy atom. The normalized spacial score (nSPS) is 15.3. The van der Waals surface area contributed by atoms with Crippen molar-refractivity contribution < 1.29 is 0 Å². The van der Waals surface area contributed by atoms with Crippen LogP contribution in [0.1, 0.15) is 18.5 Å². The first kappa shape index (κ1) is 16.4. The minimum absolute atomic E-state index is 0.0760. The molecule has 0 spiro atoms. The minimum Gasteiger partial charge on any atom is -0.355 e. The molecule has 1 aliphatic heterocycles. The molecular weight excluding hydrogens is 330 g/mol. The van der Waals surface area contributed by atoms with Gasteiger partial charge in [0.15, 0.2) is 5.82 Å². The number of nitrogens with zero attached hydrogens (tertiary/aromatic N) is 7. The Labute approximate surface area is 151 Å². The third-order valence-electron chi connectivity index (χ3n) is 4.70. The predicted molar refractivity (Wildman–Crippen MR) is 97.3 cm³/mol. The molecule has 8 nitrogen and oxygen atoms in total. The summed E-state index contributed by atoms with van der Waals surface area (Å²) in [4.78, 5) is 23.2. The largest absolute Gasteiger partial charge is 0.355 e. The van der Waals surface area contributed by atoms with Crippen molar-refractivity contribution in [2.45, 2.75) is 26.3 Å². The van der Waals surface area contributed by atoms with Crippen LogP contribution in [0.15, 0.2) is 47.8 Å². The lowest BCUT2D eigenvalue weighted by molar-refractivity contribution is 0.333. The van der Waals surface area contributed by atoms with Crippen molar-refractivity contribution >= 4 is 5.82 Å². The van der Waals surface area contributed by atoms with E-state index in [-0.39, 0.29) is 5.56 Å². The van der Waals surface area contributed by atoms with Gasteiger partial charge in [0.05, 0.1) is 11.9 Å². The summed E-state index contributed by atoms with van der Waals surface area (Å²) in [5, 5.41) is 8.64. The van der Waals surface area contributed by atoms with Crippen molar-refractivity contribution in [3.63, 3.8) is 0 Å². The average molecular weight is 351 g/mol. The van der Waals surface area contributed by atoms with E-state index in [0.29, 0.717) is 18.3 Å². The number of rotatable bonds is 4. The molecule has 0 saturated carbocycles. The first-order chi connectivity index (χ1) is 12.7. The smallest absolute Gasteiger partial charge is 0.266 e. The quantitative estimate of drug-likeness (QED) is 0.707. The van der Waals surface area contributed by atoms with Crippen LogP contribution in [0.3, 0.4) is 0 Å². The van der Waals surface area contributed by atoms with E-state index in [2.05, 4.69) is 25.1 Å². The van der Waals surface area contributed by atoms with Gasteiger partial charge < -0.3 is 4.90 Å². The maximum absolute atomic E-state index is 12.2. The summed E-state index contributed by atoms with van der Waals surface area (Å²) < 4.78 is 3.22. The second kappa shape index (κ2) is 7.07. The molecule has 0 aromatic carbocycles. The highest BCUT2D eigenvalue weighted by atomic mass is 16.1. The molecule has 0 radical (unpaired) electrons. The second-order valence-electron chi connectivity index (χ2n) is 6.61. The SMILES string of the molecule is Cc1cncc(N2CCC(Cn3nc(-n4cccn4)ccc3=O)CC2)n1. The van der Waals surface area contributed by atoms with Gasteiger partial charge >= 0.3 is 0 Å². The maximum atomic E-state index is 12.2. The molecule has 26 heavy (non-hydrogen) atoms. The van der Waals surface area contributed by atoms with E-state index in [1.807, 2.05) is 25.4 Å². The molecule has 3 aromatic heterocycles. The highest BCUT2D eigenvalue weighted by molar-refractivity contribution is 5.36. The fraction of sp³-hybridized carbons (Fsp3) is 0.389. The second-order valence-corrected chi connectivity index (χ2v) is 6.61. The van der Waals surface area contributed by atoms with Crippen molar-refractivity contribution in [3.8, 4) is 5.82 Å². The van der Waals surface area contributed by atoms with E-state index in [1.54, 1.807) is 33.9 Å². The van der Waals surface area contributed by atoms with Gasteiger partial charge in [0.2, 0.25) is 0 Å². The highest BCUT2D eigenvalue weighted by Crippen LogP contribution is 2.22. The monoisotopic (exact) mass is 351 g/mol. The van der Waals surface area contributed by atoms with Gasteiger partial charge in [-0.15, -0.1) is 5.10 Å². The molecule has 1 aliphatic rings. The van der Waals surface area contributed by atoms with Crippen LogP contribution in [0.25, 0.3) is 5.82 Å². The van der Waals surface area contributed by atoms with E-state index in [1.165, 1.54) is 0 Å². The van der Waals surface area contributed by atoms with Crippen LogP contribution in [0, 0.1) is 12.8 Å². The molecule has 0 atom stereocenters. The number of hydrogen-bond donors (Lipinski definition) is 0. The van der Waals surface area contributed by atoms with Crippen molar-refractivity contribution in [1.82, 2.24) is 29.5 Å². The molecule has 0 unspecified atom stereocenters. The lowest BCUT2D eigenvalue weighted by Crippen LogP contribution is -2.37. The zero-order valence-corrected chi connectivity index (χ0v) is 14.7. The van der Waals surface area contributed by atoms with Crippen LogP contribution in [0.4, 0.5) is 5.82 Å². The van der Waals surface area contributed by atoms with E-state index < -0.39 is 0 Å². The Kier molecular flexibility index (Phi) is 4.47. The molecule has 1 fully saturated rings. The van der Waals surface area contributed by atoms with Crippen molar-refractivity contribution in [2.24, 2.45) is 5.92 Å².